The fourth-order valence-corrected chi connectivity index (χ4v) is 5.31. The molecule has 1 spiro atoms. The van der Waals surface area contributed by atoms with E-state index in [1.165, 1.54) is 0 Å². The number of aliphatic hydroxyl groups excluding tert-OH is 1. The minimum Gasteiger partial charge on any atom is -0.508 e. The second kappa shape index (κ2) is 8.57. The van der Waals surface area contributed by atoms with Gasteiger partial charge in [-0.2, -0.15) is 0 Å². The molecule has 1 aliphatic heterocycles. The predicted molar refractivity (Wildman–Crippen MR) is 128 cm³/mol. The van der Waals surface area contributed by atoms with Crippen LogP contribution in [0, 0.1) is 0 Å². The Balaban J connectivity index is 1.88. The van der Waals surface area contributed by atoms with Crippen molar-refractivity contribution in [2.75, 3.05) is 7.11 Å². The second-order valence-corrected chi connectivity index (χ2v) is 9.73. The van der Waals surface area contributed by atoms with E-state index in [2.05, 4.69) is 13.0 Å². The van der Waals surface area contributed by atoms with Crippen LogP contribution in [-0.2, 0) is 16.0 Å². The first kappa shape index (κ1) is 22.9. The Bertz CT molecular complexity index is 1080. The molecule has 170 valence electrons. The first-order valence-corrected chi connectivity index (χ1v) is 11.8. The first-order valence-electron chi connectivity index (χ1n) is 11.4. The zero-order valence-corrected chi connectivity index (χ0v) is 20.0. The Morgan fingerprint density at radius 2 is 1.78 bits per heavy atom. The van der Waals surface area contributed by atoms with Crippen molar-refractivity contribution in [1.82, 2.24) is 0 Å². The number of halogens is 1. The number of rotatable bonds is 4. The molecule has 1 heterocycles. The molecule has 1 N–H and O–H groups in total. The summed E-state index contributed by atoms with van der Waals surface area (Å²) in [5.41, 5.74) is 2.26. The fourth-order valence-electron chi connectivity index (χ4n) is 5.13. The third-order valence-corrected chi connectivity index (χ3v) is 7.02. The van der Waals surface area contributed by atoms with Gasteiger partial charge in [-0.25, -0.2) is 0 Å². The highest BCUT2D eigenvalue weighted by atomic mass is 35.5. The molecule has 0 saturated heterocycles. The maximum atomic E-state index is 13.5. The van der Waals surface area contributed by atoms with Gasteiger partial charge in [0.05, 0.1) is 12.7 Å². The van der Waals surface area contributed by atoms with Crippen LogP contribution in [0.5, 0.6) is 5.75 Å². The van der Waals surface area contributed by atoms with Gasteiger partial charge < -0.3 is 14.6 Å². The summed E-state index contributed by atoms with van der Waals surface area (Å²) in [7, 11) is 1.64. The van der Waals surface area contributed by atoms with Crippen LogP contribution in [-0.4, -0.2) is 29.2 Å². The molecule has 2 aromatic carbocycles. The van der Waals surface area contributed by atoms with E-state index >= 15 is 0 Å². The zero-order valence-electron chi connectivity index (χ0n) is 19.3. The van der Waals surface area contributed by atoms with Crippen LogP contribution in [0.1, 0.15) is 64.0 Å². The Labute approximate surface area is 195 Å². The summed E-state index contributed by atoms with van der Waals surface area (Å²) in [5.74, 6) is 0.661. The van der Waals surface area contributed by atoms with E-state index in [0.717, 1.165) is 60.1 Å². The number of carbonyl (C=O) groups is 1. The Morgan fingerprint density at radius 1 is 1.06 bits per heavy atom. The number of aryl methyl sites for hydroxylation is 1. The molecule has 5 heteroatoms. The van der Waals surface area contributed by atoms with Crippen LogP contribution in [0.15, 0.2) is 42.2 Å². The highest BCUT2D eigenvalue weighted by molar-refractivity contribution is 6.31. The number of ketones is 1. The highest BCUT2D eigenvalue weighted by Gasteiger charge is 2.52. The lowest BCUT2D eigenvalue weighted by molar-refractivity contribution is -0.172. The SMILES string of the molecule is CCc1cc(-c2cc(Cl)ccc2OC)ccc1C1=C(O)C2(CCCCC2)OC(C)(C)C1=O. The molecule has 32 heavy (non-hydrogen) atoms. The summed E-state index contributed by atoms with van der Waals surface area (Å²) in [6.07, 6.45) is 5.27. The normalized spacial score (nSPS) is 20.0. The molecule has 2 aliphatic rings. The second-order valence-electron chi connectivity index (χ2n) is 9.29. The van der Waals surface area contributed by atoms with Crippen LogP contribution in [0.2, 0.25) is 5.02 Å². The lowest BCUT2D eigenvalue weighted by Crippen LogP contribution is -2.53. The quantitative estimate of drug-likeness (QED) is 0.544. The van der Waals surface area contributed by atoms with E-state index in [0.29, 0.717) is 17.0 Å². The van der Waals surface area contributed by atoms with Crippen LogP contribution in [0.3, 0.4) is 0 Å². The Kier molecular flexibility index (Phi) is 6.12. The number of ether oxygens (including phenoxy) is 2. The average molecular weight is 455 g/mol. The Hall–Kier alpha value is -2.30. The van der Waals surface area contributed by atoms with Crippen molar-refractivity contribution in [3.63, 3.8) is 0 Å². The largest absolute Gasteiger partial charge is 0.508 e. The van der Waals surface area contributed by atoms with Gasteiger partial charge >= 0.3 is 0 Å². The topological polar surface area (TPSA) is 55.8 Å². The van der Waals surface area contributed by atoms with Crippen molar-refractivity contribution in [3.8, 4) is 16.9 Å². The van der Waals surface area contributed by atoms with Crippen molar-refractivity contribution < 1.29 is 19.4 Å². The van der Waals surface area contributed by atoms with Gasteiger partial charge in [-0.1, -0.05) is 56.0 Å². The molecular formula is C27H31ClO4. The zero-order chi connectivity index (χ0) is 23.1. The summed E-state index contributed by atoms with van der Waals surface area (Å²) in [5, 5.41) is 12.1. The standard InChI is InChI=1S/C27H31ClO4/c1-5-17-15-18(21-16-19(28)10-12-22(21)31-4)9-11-20(17)23-24(29)26(2,3)32-27(25(23)30)13-7-6-8-14-27/h9-12,15-16,30H,5-8,13-14H2,1-4H3. The van der Waals surface area contributed by atoms with Crippen LogP contribution in [0.4, 0.5) is 0 Å². The molecule has 0 atom stereocenters. The average Bonchev–Trinajstić information content (AvgIpc) is 2.78. The van der Waals surface area contributed by atoms with Gasteiger partial charge in [-0.05, 0) is 68.0 Å². The van der Waals surface area contributed by atoms with Crippen molar-refractivity contribution in [3.05, 3.63) is 58.3 Å². The minimum absolute atomic E-state index is 0.101. The van der Waals surface area contributed by atoms with E-state index in [4.69, 9.17) is 21.1 Å². The van der Waals surface area contributed by atoms with E-state index in [1.54, 1.807) is 13.2 Å². The third-order valence-electron chi connectivity index (χ3n) is 6.78. The van der Waals surface area contributed by atoms with Crippen molar-refractivity contribution in [2.45, 2.75) is 70.5 Å². The maximum Gasteiger partial charge on any atom is 0.198 e. The first-order chi connectivity index (χ1) is 15.2. The van der Waals surface area contributed by atoms with Gasteiger partial charge in [0.15, 0.2) is 5.78 Å². The summed E-state index contributed by atoms with van der Waals surface area (Å²) in [6, 6.07) is 11.5. The molecular weight excluding hydrogens is 424 g/mol. The molecule has 4 nitrogen and oxygen atoms in total. The van der Waals surface area contributed by atoms with Gasteiger partial charge in [0.25, 0.3) is 0 Å². The highest BCUT2D eigenvalue weighted by Crippen LogP contribution is 2.48. The minimum atomic E-state index is -0.987. The molecule has 0 bridgehead atoms. The smallest absolute Gasteiger partial charge is 0.198 e. The van der Waals surface area contributed by atoms with Crippen LogP contribution < -0.4 is 4.74 Å². The van der Waals surface area contributed by atoms with Gasteiger partial charge in [0.2, 0.25) is 0 Å². The van der Waals surface area contributed by atoms with E-state index in [-0.39, 0.29) is 11.5 Å². The number of carbonyl (C=O) groups excluding carboxylic acids is 1. The van der Waals surface area contributed by atoms with Crippen molar-refractivity contribution in [1.29, 1.82) is 0 Å². The van der Waals surface area contributed by atoms with Crippen molar-refractivity contribution >= 4 is 23.0 Å². The van der Waals surface area contributed by atoms with E-state index in [9.17, 15) is 9.90 Å². The molecule has 0 unspecified atom stereocenters. The molecule has 2 aromatic rings. The summed E-state index contributed by atoms with van der Waals surface area (Å²) in [4.78, 5) is 13.5. The fraction of sp³-hybridized carbons (Fsp3) is 0.444. The Morgan fingerprint density at radius 3 is 2.44 bits per heavy atom. The molecule has 4 rings (SSSR count). The number of hydrogen-bond donors (Lipinski definition) is 1. The summed E-state index contributed by atoms with van der Waals surface area (Å²) >= 11 is 6.25. The molecule has 1 fully saturated rings. The predicted octanol–water partition coefficient (Wildman–Crippen LogP) is 6.93. The number of Topliss-reactive ketones (excluding diaryl/α,β-unsaturated/α-hetero) is 1. The van der Waals surface area contributed by atoms with Gasteiger partial charge in [0, 0.05) is 10.6 Å². The molecule has 0 radical (unpaired) electrons. The number of aliphatic hydroxyl groups is 1. The lowest BCUT2D eigenvalue weighted by atomic mass is 9.74. The molecule has 0 aromatic heterocycles. The monoisotopic (exact) mass is 454 g/mol. The van der Waals surface area contributed by atoms with Gasteiger partial charge in [0.1, 0.15) is 22.7 Å². The number of benzene rings is 2. The van der Waals surface area contributed by atoms with Gasteiger partial charge in [-0.15, -0.1) is 0 Å². The molecule has 1 saturated carbocycles. The molecule has 1 aliphatic carbocycles. The third kappa shape index (κ3) is 3.84. The lowest BCUT2D eigenvalue weighted by Gasteiger charge is -2.46. The number of hydrogen-bond acceptors (Lipinski definition) is 4. The van der Waals surface area contributed by atoms with E-state index in [1.807, 2.05) is 38.1 Å². The van der Waals surface area contributed by atoms with E-state index < -0.39 is 11.2 Å². The van der Waals surface area contributed by atoms with Crippen molar-refractivity contribution in [2.24, 2.45) is 0 Å². The van der Waals surface area contributed by atoms with Crippen LogP contribution in [0.25, 0.3) is 16.7 Å². The summed E-state index contributed by atoms with van der Waals surface area (Å²) < 4.78 is 11.8. The molecule has 0 amide bonds. The maximum absolute atomic E-state index is 13.5. The van der Waals surface area contributed by atoms with Gasteiger partial charge in [-0.3, -0.25) is 4.79 Å². The van der Waals surface area contributed by atoms with Crippen LogP contribution >= 0.6 is 11.6 Å². The number of methoxy groups -OCH3 is 1. The summed E-state index contributed by atoms with van der Waals surface area (Å²) in [6.45, 7) is 5.69.